The number of aromatic nitrogens is 3. The van der Waals surface area contributed by atoms with E-state index in [0.717, 1.165) is 33.7 Å². The third-order valence-electron chi connectivity index (χ3n) is 3.56. The van der Waals surface area contributed by atoms with E-state index in [-0.39, 0.29) is 0 Å². The smallest absolute Gasteiger partial charge is 0.154 e. The van der Waals surface area contributed by atoms with Crippen LogP contribution in [0.3, 0.4) is 0 Å². The molecular formula is C18H23N3O. The maximum absolute atomic E-state index is 5.38. The summed E-state index contributed by atoms with van der Waals surface area (Å²) in [5, 5.41) is 5.57. The molecule has 0 saturated carbocycles. The number of benzene rings is 1. The molecule has 4 heteroatoms. The van der Waals surface area contributed by atoms with Crippen LogP contribution in [0.2, 0.25) is 0 Å². The van der Waals surface area contributed by atoms with Gasteiger partial charge in [0.1, 0.15) is 5.75 Å². The SMILES string of the molecule is CC.COc1ccc2c(C)cc(-n3ccc(C)n3)nc2c1C. The van der Waals surface area contributed by atoms with Gasteiger partial charge in [0.05, 0.1) is 18.3 Å². The Bertz CT molecular complexity index is 790. The van der Waals surface area contributed by atoms with Gasteiger partial charge in [-0.3, -0.25) is 0 Å². The Labute approximate surface area is 131 Å². The Kier molecular flexibility index (Phi) is 4.81. The van der Waals surface area contributed by atoms with Gasteiger partial charge < -0.3 is 4.74 Å². The highest BCUT2D eigenvalue weighted by Crippen LogP contribution is 2.28. The highest BCUT2D eigenvalue weighted by atomic mass is 16.5. The lowest BCUT2D eigenvalue weighted by atomic mass is 10.1. The predicted molar refractivity (Wildman–Crippen MR) is 91.0 cm³/mol. The Morgan fingerprint density at radius 1 is 1.05 bits per heavy atom. The molecule has 0 fully saturated rings. The molecule has 22 heavy (non-hydrogen) atoms. The highest BCUT2D eigenvalue weighted by Gasteiger charge is 2.10. The van der Waals surface area contributed by atoms with Crippen molar-refractivity contribution < 1.29 is 4.74 Å². The van der Waals surface area contributed by atoms with Crippen LogP contribution in [0, 0.1) is 20.8 Å². The number of ether oxygens (including phenoxy) is 1. The minimum Gasteiger partial charge on any atom is -0.496 e. The zero-order valence-electron chi connectivity index (χ0n) is 14.1. The van der Waals surface area contributed by atoms with Crippen LogP contribution < -0.4 is 4.74 Å². The molecular weight excluding hydrogens is 274 g/mol. The molecule has 0 saturated heterocycles. The van der Waals surface area contributed by atoms with Crippen molar-refractivity contribution in [2.75, 3.05) is 7.11 Å². The molecule has 1 aromatic carbocycles. The van der Waals surface area contributed by atoms with Gasteiger partial charge in [-0.15, -0.1) is 0 Å². The summed E-state index contributed by atoms with van der Waals surface area (Å²) in [6.07, 6.45) is 1.93. The molecule has 0 bridgehead atoms. The normalized spacial score (nSPS) is 10.3. The first kappa shape index (κ1) is 16.0. The Hall–Kier alpha value is -2.36. The molecule has 0 unspecified atom stereocenters. The van der Waals surface area contributed by atoms with Crippen LogP contribution in [0.15, 0.2) is 30.5 Å². The van der Waals surface area contributed by atoms with Gasteiger partial charge in [-0.05, 0) is 50.6 Å². The molecule has 4 nitrogen and oxygen atoms in total. The van der Waals surface area contributed by atoms with E-state index in [1.54, 1.807) is 11.8 Å². The fourth-order valence-electron chi connectivity index (χ4n) is 2.44. The number of pyridine rings is 1. The van der Waals surface area contributed by atoms with Crippen molar-refractivity contribution in [1.82, 2.24) is 14.8 Å². The van der Waals surface area contributed by atoms with Crippen LogP contribution in [0.1, 0.15) is 30.7 Å². The molecule has 0 spiro atoms. The molecule has 0 radical (unpaired) electrons. The van der Waals surface area contributed by atoms with Crippen molar-refractivity contribution in [3.05, 3.63) is 47.3 Å². The summed E-state index contributed by atoms with van der Waals surface area (Å²) in [6, 6.07) is 8.08. The van der Waals surface area contributed by atoms with Crippen molar-refractivity contribution in [2.24, 2.45) is 0 Å². The number of rotatable bonds is 2. The number of hydrogen-bond donors (Lipinski definition) is 0. The largest absolute Gasteiger partial charge is 0.496 e. The lowest BCUT2D eigenvalue weighted by Crippen LogP contribution is -2.01. The van der Waals surface area contributed by atoms with Gasteiger partial charge in [-0.2, -0.15) is 5.10 Å². The van der Waals surface area contributed by atoms with Crippen LogP contribution in [-0.2, 0) is 0 Å². The van der Waals surface area contributed by atoms with Crippen molar-refractivity contribution in [2.45, 2.75) is 34.6 Å². The number of methoxy groups -OCH3 is 1. The first-order valence-corrected chi connectivity index (χ1v) is 7.58. The van der Waals surface area contributed by atoms with Gasteiger partial charge in [0.25, 0.3) is 0 Å². The molecule has 2 heterocycles. The predicted octanol–water partition coefficient (Wildman–Crippen LogP) is 4.38. The van der Waals surface area contributed by atoms with E-state index >= 15 is 0 Å². The van der Waals surface area contributed by atoms with E-state index in [1.165, 1.54) is 5.56 Å². The number of fused-ring (bicyclic) bond motifs is 1. The third-order valence-corrected chi connectivity index (χ3v) is 3.56. The minimum atomic E-state index is 0.833. The Balaban J connectivity index is 0.000000847. The maximum atomic E-state index is 5.38. The Morgan fingerprint density at radius 2 is 1.77 bits per heavy atom. The summed E-state index contributed by atoms with van der Waals surface area (Å²) in [5.41, 5.74) is 4.18. The van der Waals surface area contributed by atoms with E-state index in [0.29, 0.717) is 0 Å². The van der Waals surface area contributed by atoms with Crippen LogP contribution in [0.4, 0.5) is 0 Å². The fourth-order valence-corrected chi connectivity index (χ4v) is 2.44. The average molecular weight is 297 g/mol. The fraction of sp³-hybridized carbons (Fsp3) is 0.333. The second-order valence-electron chi connectivity index (χ2n) is 4.99. The first-order chi connectivity index (χ1) is 10.6. The van der Waals surface area contributed by atoms with Gasteiger partial charge in [-0.25, -0.2) is 9.67 Å². The van der Waals surface area contributed by atoms with Crippen LogP contribution in [0.25, 0.3) is 16.7 Å². The Morgan fingerprint density at radius 3 is 2.36 bits per heavy atom. The number of hydrogen-bond acceptors (Lipinski definition) is 3. The van der Waals surface area contributed by atoms with Gasteiger partial charge in [-0.1, -0.05) is 13.8 Å². The molecule has 0 aliphatic carbocycles. The summed E-state index contributed by atoms with van der Waals surface area (Å²) in [7, 11) is 1.68. The summed E-state index contributed by atoms with van der Waals surface area (Å²) in [5.74, 6) is 1.69. The van der Waals surface area contributed by atoms with Gasteiger partial charge >= 0.3 is 0 Å². The molecule has 3 aromatic rings. The third kappa shape index (κ3) is 2.82. The second-order valence-corrected chi connectivity index (χ2v) is 4.99. The molecule has 0 aliphatic rings. The average Bonchev–Trinajstić information content (AvgIpc) is 2.97. The van der Waals surface area contributed by atoms with Crippen molar-refractivity contribution in [3.63, 3.8) is 0 Å². The highest BCUT2D eigenvalue weighted by molar-refractivity contribution is 5.87. The number of nitrogens with zero attached hydrogens (tertiary/aromatic N) is 3. The zero-order chi connectivity index (χ0) is 16.3. The quantitative estimate of drug-likeness (QED) is 0.704. The van der Waals surface area contributed by atoms with Crippen molar-refractivity contribution in [1.29, 1.82) is 0 Å². The molecule has 0 N–H and O–H groups in total. The van der Waals surface area contributed by atoms with E-state index in [2.05, 4.69) is 24.2 Å². The van der Waals surface area contributed by atoms with Gasteiger partial charge in [0.2, 0.25) is 0 Å². The van der Waals surface area contributed by atoms with Gasteiger partial charge in [0.15, 0.2) is 5.82 Å². The maximum Gasteiger partial charge on any atom is 0.154 e. The summed E-state index contributed by atoms with van der Waals surface area (Å²) >= 11 is 0. The molecule has 116 valence electrons. The van der Waals surface area contributed by atoms with E-state index < -0.39 is 0 Å². The topological polar surface area (TPSA) is 39.9 Å². The van der Waals surface area contributed by atoms with E-state index in [9.17, 15) is 0 Å². The summed E-state index contributed by atoms with van der Waals surface area (Å²) < 4.78 is 7.19. The second kappa shape index (κ2) is 6.60. The zero-order valence-corrected chi connectivity index (χ0v) is 14.1. The van der Waals surface area contributed by atoms with Crippen LogP contribution >= 0.6 is 0 Å². The number of aryl methyl sites for hydroxylation is 3. The monoisotopic (exact) mass is 297 g/mol. The van der Waals surface area contributed by atoms with Crippen molar-refractivity contribution >= 4 is 10.9 Å². The lowest BCUT2D eigenvalue weighted by Gasteiger charge is -2.11. The van der Waals surface area contributed by atoms with Crippen LogP contribution in [0.5, 0.6) is 5.75 Å². The minimum absolute atomic E-state index is 0.833. The van der Waals surface area contributed by atoms with Crippen molar-refractivity contribution in [3.8, 4) is 11.6 Å². The van der Waals surface area contributed by atoms with Gasteiger partial charge in [0, 0.05) is 17.1 Å². The molecule has 2 aromatic heterocycles. The summed E-state index contributed by atoms with van der Waals surface area (Å²) in [4.78, 5) is 4.75. The lowest BCUT2D eigenvalue weighted by molar-refractivity contribution is 0.412. The van der Waals surface area contributed by atoms with E-state index in [4.69, 9.17) is 9.72 Å². The standard InChI is InChI=1S/C16H17N3O.C2H6/c1-10-9-15(19-8-7-11(2)18-19)17-16-12(3)14(20-4)6-5-13(10)16;1-2/h5-9H,1-4H3;1-2H3. The molecule has 3 rings (SSSR count). The molecule has 0 aliphatic heterocycles. The van der Waals surface area contributed by atoms with E-state index in [1.807, 2.05) is 46.0 Å². The summed E-state index contributed by atoms with van der Waals surface area (Å²) in [6.45, 7) is 10.1. The van der Waals surface area contributed by atoms with Crippen LogP contribution in [-0.4, -0.2) is 21.9 Å². The molecule has 0 amide bonds. The first-order valence-electron chi connectivity index (χ1n) is 7.58. The molecule has 0 atom stereocenters.